The molecule has 0 bridgehead atoms. The van der Waals surface area contributed by atoms with Crippen LogP contribution in [0, 0.1) is 5.82 Å². The van der Waals surface area contributed by atoms with Crippen molar-refractivity contribution in [1.29, 1.82) is 0 Å². The second kappa shape index (κ2) is 8.99. The lowest BCUT2D eigenvalue weighted by atomic mass is 10.0. The van der Waals surface area contributed by atoms with E-state index in [-0.39, 0.29) is 18.0 Å². The van der Waals surface area contributed by atoms with Crippen LogP contribution in [0.4, 0.5) is 10.2 Å². The first-order valence-electron chi connectivity index (χ1n) is 10.9. The number of anilines is 1. The van der Waals surface area contributed by atoms with Gasteiger partial charge in [-0.2, -0.15) is 10.2 Å². The molecule has 33 heavy (non-hydrogen) atoms. The van der Waals surface area contributed by atoms with Crippen LogP contribution in [0.25, 0.3) is 22.0 Å². The van der Waals surface area contributed by atoms with Gasteiger partial charge in [0.2, 0.25) is 0 Å². The molecule has 4 heterocycles. The van der Waals surface area contributed by atoms with E-state index < -0.39 is 0 Å². The number of carbonyl (C=O) groups excluding carboxylic acids is 1. The maximum Gasteiger partial charge on any atom is 0.169 e. The Bertz CT molecular complexity index is 1320. The number of aromatic nitrogens is 4. The van der Waals surface area contributed by atoms with Crippen LogP contribution in [0.1, 0.15) is 16.1 Å². The summed E-state index contributed by atoms with van der Waals surface area (Å²) >= 11 is 0. The van der Waals surface area contributed by atoms with Crippen molar-refractivity contribution in [2.75, 3.05) is 38.1 Å². The third-order valence-electron chi connectivity index (χ3n) is 5.91. The highest BCUT2D eigenvalue weighted by Gasteiger charge is 2.17. The average molecular weight is 442 g/mol. The van der Waals surface area contributed by atoms with E-state index in [1.54, 1.807) is 18.5 Å². The molecule has 5 rings (SSSR count). The van der Waals surface area contributed by atoms with Crippen LogP contribution in [0.3, 0.4) is 0 Å². The van der Waals surface area contributed by atoms with Gasteiger partial charge >= 0.3 is 0 Å². The van der Waals surface area contributed by atoms with Crippen molar-refractivity contribution in [2.45, 2.75) is 6.42 Å². The zero-order valence-electron chi connectivity index (χ0n) is 18.3. The number of hydrogen-bond donors (Lipinski definition) is 0. The van der Waals surface area contributed by atoms with Crippen molar-refractivity contribution in [3.8, 4) is 11.1 Å². The second-order valence-corrected chi connectivity index (χ2v) is 8.29. The monoisotopic (exact) mass is 442 g/mol. The first-order chi connectivity index (χ1) is 16.0. The van der Waals surface area contributed by atoms with E-state index in [0.717, 1.165) is 42.9 Å². The number of halogens is 1. The first kappa shape index (κ1) is 21.1. The van der Waals surface area contributed by atoms with Crippen molar-refractivity contribution in [1.82, 2.24) is 25.1 Å². The van der Waals surface area contributed by atoms with Gasteiger partial charge in [-0.3, -0.25) is 9.78 Å². The van der Waals surface area contributed by atoms with Gasteiger partial charge in [-0.25, -0.2) is 9.37 Å². The van der Waals surface area contributed by atoms with Gasteiger partial charge in [0.15, 0.2) is 5.78 Å². The molecule has 1 aliphatic heterocycles. The fourth-order valence-electron chi connectivity index (χ4n) is 3.99. The number of ketones is 1. The summed E-state index contributed by atoms with van der Waals surface area (Å²) in [6.45, 7) is 3.72. The molecule has 0 spiro atoms. The third kappa shape index (κ3) is 4.70. The molecule has 0 radical (unpaired) electrons. The topological polar surface area (TPSA) is 75.1 Å². The second-order valence-electron chi connectivity index (χ2n) is 8.29. The highest BCUT2D eigenvalue weighted by molar-refractivity contribution is 5.98. The van der Waals surface area contributed by atoms with Crippen molar-refractivity contribution in [3.63, 3.8) is 0 Å². The van der Waals surface area contributed by atoms with E-state index in [1.165, 1.54) is 12.3 Å². The Kier molecular flexibility index (Phi) is 5.75. The van der Waals surface area contributed by atoms with Crippen LogP contribution in [-0.4, -0.2) is 64.1 Å². The van der Waals surface area contributed by atoms with Gasteiger partial charge in [-0.1, -0.05) is 6.07 Å². The fourth-order valence-corrected chi connectivity index (χ4v) is 3.99. The molecule has 3 aromatic heterocycles. The number of hydrogen-bond acceptors (Lipinski definition) is 7. The van der Waals surface area contributed by atoms with E-state index in [0.29, 0.717) is 22.3 Å². The number of carbonyl (C=O) groups is 1. The number of fused-ring (bicyclic) bond motifs is 1. The van der Waals surface area contributed by atoms with Gasteiger partial charge < -0.3 is 9.80 Å². The Morgan fingerprint density at radius 2 is 1.82 bits per heavy atom. The summed E-state index contributed by atoms with van der Waals surface area (Å²) in [4.78, 5) is 25.8. The zero-order chi connectivity index (χ0) is 22.8. The SMILES string of the molecule is CN1CCN(c2cc(C(=O)Cc3cc4cc(-c5cncc(F)c5)ccc4nn3)ccn2)CC1. The highest BCUT2D eigenvalue weighted by Crippen LogP contribution is 2.24. The summed E-state index contributed by atoms with van der Waals surface area (Å²) in [5, 5.41) is 9.33. The Hall–Kier alpha value is -3.78. The van der Waals surface area contributed by atoms with Crippen LogP contribution in [0.2, 0.25) is 0 Å². The van der Waals surface area contributed by atoms with Crippen molar-refractivity contribution in [2.24, 2.45) is 0 Å². The first-order valence-corrected chi connectivity index (χ1v) is 10.9. The molecule has 1 fully saturated rings. The number of Topliss-reactive ketones (excluding diaryl/α,β-unsaturated/α-hetero) is 1. The molecule has 0 saturated carbocycles. The zero-order valence-corrected chi connectivity index (χ0v) is 18.3. The molecule has 7 nitrogen and oxygen atoms in total. The summed E-state index contributed by atoms with van der Waals surface area (Å²) in [5.41, 5.74) is 3.41. The molecule has 166 valence electrons. The van der Waals surface area contributed by atoms with Crippen LogP contribution in [0.5, 0.6) is 0 Å². The molecular weight excluding hydrogens is 419 g/mol. The fraction of sp³-hybridized carbons (Fsp3) is 0.240. The molecular formula is C25H23FN6O. The normalized spacial score (nSPS) is 14.5. The van der Waals surface area contributed by atoms with E-state index in [4.69, 9.17) is 0 Å². The lowest BCUT2D eigenvalue weighted by molar-refractivity contribution is 0.0991. The predicted octanol–water partition coefficient (Wildman–Crippen LogP) is 3.40. The van der Waals surface area contributed by atoms with Gasteiger partial charge in [-0.05, 0) is 49.0 Å². The lowest BCUT2D eigenvalue weighted by Gasteiger charge is -2.33. The van der Waals surface area contributed by atoms with E-state index in [2.05, 4.69) is 37.0 Å². The Balaban J connectivity index is 1.36. The van der Waals surface area contributed by atoms with Gasteiger partial charge in [0.05, 0.1) is 23.8 Å². The van der Waals surface area contributed by atoms with Crippen molar-refractivity contribution in [3.05, 3.63) is 78.1 Å². The Morgan fingerprint density at radius 3 is 2.64 bits per heavy atom. The Labute approximate surface area is 190 Å². The molecule has 8 heteroatoms. The Morgan fingerprint density at radius 1 is 0.970 bits per heavy atom. The number of piperazine rings is 1. The molecule has 0 atom stereocenters. The number of benzene rings is 1. The summed E-state index contributed by atoms with van der Waals surface area (Å²) in [6, 6.07) is 12.5. The molecule has 0 amide bonds. The van der Waals surface area contributed by atoms with Crippen LogP contribution in [0.15, 0.2) is 61.1 Å². The number of pyridine rings is 2. The minimum atomic E-state index is -0.389. The molecule has 0 unspecified atom stereocenters. The average Bonchev–Trinajstić information content (AvgIpc) is 2.84. The van der Waals surface area contributed by atoms with Gasteiger partial charge in [0, 0.05) is 55.1 Å². The van der Waals surface area contributed by atoms with Gasteiger partial charge in [0.1, 0.15) is 11.6 Å². The van der Waals surface area contributed by atoms with Crippen LogP contribution in [-0.2, 0) is 6.42 Å². The van der Waals surface area contributed by atoms with Gasteiger partial charge in [0.25, 0.3) is 0 Å². The van der Waals surface area contributed by atoms with Crippen LogP contribution >= 0.6 is 0 Å². The molecule has 0 N–H and O–H groups in total. The highest BCUT2D eigenvalue weighted by atomic mass is 19.1. The number of likely N-dealkylation sites (N-methyl/N-ethyl adjacent to an activating group) is 1. The quantitative estimate of drug-likeness (QED) is 0.439. The molecule has 0 aliphatic carbocycles. The maximum absolute atomic E-state index is 13.6. The number of nitrogens with zero attached hydrogens (tertiary/aromatic N) is 6. The van der Waals surface area contributed by atoms with E-state index >= 15 is 0 Å². The molecule has 4 aromatic rings. The molecule has 1 saturated heterocycles. The smallest absolute Gasteiger partial charge is 0.169 e. The molecule has 1 aliphatic rings. The van der Waals surface area contributed by atoms with Crippen LogP contribution < -0.4 is 4.90 Å². The maximum atomic E-state index is 13.6. The molecule has 1 aromatic carbocycles. The summed E-state index contributed by atoms with van der Waals surface area (Å²) in [7, 11) is 2.10. The third-order valence-corrected chi connectivity index (χ3v) is 5.91. The number of rotatable bonds is 5. The van der Waals surface area contributed by atoms with Gasteiger partial charge in [-0.15, -0.1) is 0 Å². The minimum absolute atomic E-state index is 0.0353. The minimum Gasteiger partial charge on any atom is -0.354 e. The summed E-state index contributed by atoms with van der Waals surface area (Å²) < 4.78 is 13.6. The summed E-state index contributed by atoms with van der Waals surface area (Å²) in [5.74, 6) is 0.402. The van der Waals surface area contributed by atoms with E-state index in [1.807, 2.05) is 30.3 Å². The largest absolute Gasteiger partial charge is 0.354 e. The van der Waals surface area contributed by atoms with Crippen molar-refractivity contribution >= 4 is 22.5 Å². The van der Waals surface area contributed by atoms with Crippen molar-refractivity contribution < 1.29 is 9.18 Å². The predicted molar refractivity (Wildman–Crippen MR) is 125 cm³/mol. The lowest BCUT2D eigenvalue weighted by Crippen LogP contribution is -2.44. The standard InChI is InChI=1S/C25H23FN6O/c1-31-6-8-32(9-7-31)25-13-18(4-5-28-25)24(33)14-22-12-19-10-17(2-3-23(19)30-29-22)20-11-21(26)16-27-15-20/h2-5,10-13,15-16H,6-9,14H2,1H3. The van der Waals surface area contributed by atoms with E-state index in [9.17, 15) is 9.18 Å². The summed E-state index contributed by atoms with van der Waals surface area (Å²) in [6.07, 6.45) is 4.62.